The Bertz CT molecular complexity index is 1660. The molecule has 0 aliphatic carbocycles. The Labute approximate surface area is 514 Å². The highest BCUT2D eigenvalue weighted by molar-refractivity contribution is 5.71. The van der Waals surface area contributed by atoms with Gasteiger partial charge in [-0.25, -0.2) is 0 Å². The molecule has 0 bridgehead atoms. The van der Waals surface area contributed by atoms with Crippen molar-refractivity contribution >= 4 is 17.9 Å². The van der Waals surface area contributed by atoms with E-state index in [0.29, 0.717) is 19.3 Å². The van der Waals surface area contributed by atoms with Gasteiger partial charge in [-0.3, -0.25) is 14.4 Å². The minimum Gasteiger partial charge on any atom is -0.462 e. The fraction of sp³-hybridized carbons (Fsp3) is 0.727. The lowest BCUT2D eigenvalue weighted by Gasteiger charge is -2.18. The maximum atomic E-state index is 12.9. The summed E-state index contributed by atoms with van der Waals surface area (Å²) in [5.41, 5.74) is 0. The van der Waals surface area contributed by atoms with Gasteiger partial charge in [-0.05, 0) is 128 Å². The van der Waals surface area contributed by atoms with E-state index in [4.69, 9.17) is 14.2 Å². The van der Waals surface area contributed by atoms with Crippen LogP contribution in [0.15, 0.2) is 109 Å². The van der Waals surface area contributed by atoms with Gasteiger partial charge in [0, 0.05) is 19.3 Å². The molecule has 0 radical (unpaired) electrons. The Hall–Kier alpha value is -3.93. The van der Waals surface area contributed by atoms with Crippen molar-refractivity contribution < 1.29 is 28.6 Å². The van der Waals surface area contributed by atoms with Crippen LogP contribution in [0.5, 0.6) is 0 Å². The Kier molecular flexibility index (Phi) is 67.2. The average molecular weight is 1150 g/mol. The SMILES string of the molecule is CC/C=C\C/C=C\C/C=C\C/C=C\C/C=C\C/C=C\CCCCCCCCCCCCCCCCC(=O)OCC(COC(=O)CCCCCCC/C=C\CCCCCC)OC(=O)CCCCCCCCCCC/C=C\C/C=C\CCCCC. The number of hydrogen-bond donors (Lipinski definition) is 0. The predicted octanol–water partition coefficient (Wildman–Crippen LogP) is 24.6. The number of ether oxygens (including phenoxy) is 3. The van der Waals surface area contributed by atoms with E-state index in [1.807, 2.05) is 0 Å². The number of rotatable bonds is 64. The first kappa shape index (κ1) is 79.1. The molecule has 476 valence electrons. The van der Waals surface area contributed by atoms with E-state index in [2.05, 4.69) is 130 Å². The number of esters is 3. The molecule has 0 saturated carbocycles. The molecule has 0 fully saturated rings. The molecule has 0 aromatic rings. The zero-order valence-corrected chi connectivity index (χ0v) is 54.7. The highest BCUT2D eigenvalue weighted by Gasteiger charge is 2.19. The zero-order valence-electron chi connectivity index (χ0n) is 54.7. The van der Waals surface area contributed by atoms with Crippen molar-refractivity contribution in [3.05, 3.63) is 109 Å². The summed E-state index contributed by atoms with van der Waals surface area (Å²) in [4.78, 5) is 38.4. The number of carbonyl (C=O) groups excluding carboxylic acids is 3. The van der Waals surface area contributed by atoms with Crippen molar-refractivity contribution in [3.63, 3.8) is 0 Å². The first-order chi connectivity index (χ1) is 41.0. The van der Waals surface area contributed by atoms with Crippen molar-refractivity contribution in [2.75, 3.05) is 13.2 Å². The Morgan fingerprint density at radius 3 is 0.771 bits per heavy atom. The summed E-state index contributed by atoms with van der Waals surface area (Å²) < 4.78 is 17.0. The minimum atomic E-state index is -0.785. The highest BCUT2D eigenvalue weighted by Crippen LogP contribution is 2.17. The van der Waals surface area contributed by atoms with E-state index in [9.17, 15) is 14.4 Å². The first-order valence-corrected chi connectivity index (χ1v) is 35.4. The van der Waals surface area contributed by atoms with Crippen LogP contribution in [0.4, 0.5) is 0 Å². The van der Waals surface area contributed by atoms with Gasteiger partial charge in [-0.2, -0.15) is 0 Å². The monoisotopic (exact) mass is 1150 g/mol. The quantitative estimate of drug-likeness (QED) is 0.0261. The van der Waals surface area contributed by atoms with Crippen LogP contribution in [0.1, 0.15) is 342 Å². The Morgan fingerprint density at radius 1 is 0.253 bits per heavy atom. The van der Waals surface area contributed by atoms with Crippen molar-refractivity contribution in [1.82, 2.24) is 0 Å². The summed E-state index contributed by atoms with van der Waals surface area (Å²) in [7, 11) is 0. The normalized spacial score (nSPS) is 12.8. The van der Waals surface area contributed by atoms with E-state index in [0.717, 1.165) is 109 Å². The number of carbonyl (C=O) groups is 3. The molecule has 0 amide bonds. The van der Waals surface area contributed by atoms with Crippen LogP contribution in [0.2, 0.25) is 0 Å². The standard InChI is InChI=1S/C77H132O6/c1-4-7-10-13-16-19-22-25-27-29-31-32-33-34-35-36-37-38-39-40-41-42-43-44-46-47-49-52-55-58-61-64-67-70-76(79)82-73-74(72-81-75(78)69-66-63-60-57-54-51-24-21-18-15-12-9-6-3)83-77(80)71-68-65-62-59-56-53-50-48-45-30-28-26-23-20-17-14-11-8-5-2/h7,10,16-17,19-21,24-28,31-32,34-35,37-38,74H,4-6,8-9,11-15,18,22-23,29-30,33,36,39-73H2,1-3H3/b10-7-,19-16-,20-17-,24-21-,27-25-,28-26-,32-31-,35-34-,38-37-. The van der Waals surface area contributed by atoms with Crippen LogP contribution in [0.3, 0.4) is 0 Å². The lowest BCUT2D eigenvalue weighted by Crippen LogP contribution is -2.30. The molecule has 6 nitrogen and oxygen atoms in total. The first-order valence-electron chi connectivity index (χ1n) is 35.4. The molecular formula is C77H132O6. The third-order valence-electron chi connectivity index (χ3n) is 15.2. The summed E-state index contributed by atoms with van der Waals surface area (Å²) in [5, 5.41) is 0. The summed E-state index contributed by atoms with van der Waals surface area (Å²) >= 11 is 0. The van der Waals surface area contributed by atoms with Crippen LogP contribution >= 0.6 is 0 Å². The van der Waals surface area contributed by atoms with Gasteiger partial charge in [-0.1, -0.05) is 304 Å². The molecular weight excluding hydrogens is 1020 g/mol. The second kappa shape index (κ2) is 70.6. The number of unbranched alkanes of at least 4 members (excludes halogenated alkanes) is 35. The second-order valence-corrected chi connectivity index (χ2v) is 23.4. The van der Waals surface area contributed by atoms with Gasteiger partial charge in [0.15, 0.2) is 6.10 Å². The van der Waals surface area contributed by atoms with Gasteiger partial charge in [0.05, 0.1) is 0 Å². The molecule has 0 aliphatic heterocycles. The fourth-order valence-corrected chi connectivity index (χ4v) is 9.94. The van der Waals surface area contributed by atoms with Crippen LogP contribution in [-0.4, -0.2) is 37.2 Å². The van der Waals surface area contributed by atoms with Gasteiger partial charge < -0.3 is 14.2 Å². The van der Waals surface area contributed by atoms with Gasteiger partial charge in [-0.15, -0.1) is 0 Å². The summed E-state index contributed by atoms with van der Waals surface area (Å²) in [6, 6.07) is 0. The molecule has 0 spiro atoms. The van der Waals surface area contributed by atoms with Crippen LogP contribution in [-0.2, 0) is 28.6 Å². The van der Waals surface area contributed by atoms with Crippen molar-refractivity contribution in [2.45, 2.75) is 348 Å². The zero-order chi connectivity index (χ0) is 59.9. The third-order valence-corrected chi connectivity index (χ3v) is 15.2. The van der Waals surface area contributed by atoms with Gasteiger partial charge in [0.2, 0.25) is 0 Å². The Balaban J connectivity index is 4.22. The number of hydrogen-bond acceptors (Lipinski definition) is 6. The van der Waals surface area contributed by atoms with Gasteiger partial charge in [0.1, 0.15) is 13.2 Å². The Morgan fingerprint density at radius 2 is 0.470 bits per heavy atom. The lowest BCUT2D eigenvalue weighted by atomic mass is 10.0. The summed E-state index contributed by atoms with van der Waals surface area (Å²) in [5.74, 6) is -0.881. The van der Waals surface area contributed by atoms with Gasteiger partial charge >= 0.3 is 17.9 Å². The molecule has 0 aliphatic rings. The molecule has 0 saturated heterocycles. The highest BCUT2D eigenvalue weighted by atomic mass is 16.6. The lowest BCUT2D eigenvalue weighted by molar-refractivity contribution is -0.167. The van der Waals surface area contributed by atoms with E-state index in [-0.39, 0.29) is 31.1 Å². The third kappa shape index (κ3) is 68.7. The smallest absolute Gasteiger partial charge is 0.306 e. The second-order valence-electron chi connectivity index (χ2n) is 23.4. The van der Waals surface area contributed by atoms with Crippen molar-refractivity contribution in [3.8, 4) is 0 Å². The van der Waals surface area contributed by atoms with Crippen LogP contribution < -0.4 is 0 Å². The maximum Gasteiger partial charge on any atom is 0.306 e. The molecule has 6 heteroatoms. The van der Waals surface area contributed by atoms with E-state index < -0.39 is 6.10 Å². The number of allylic oxidation sites excluding steroid dienone is 18. The molecule has 0 aromatic heterocycles. The van der Waals surface area contributed by atoms with Crippen LogP contribution in [0, 0.1) is 0 Å². The average Bonchev–Trinajstić information content (AvgIpc) is 3.49. The largest absolute Gasteiger partial charge is 0.462 e. The molecule has 0 N–H and O–H groups in total. The summed E-state index contributed by atoms with van der Waals surface area (Å²) in [6.45, 7) is 6.51. The van der Waals surface area contributed by atoms with Crippen molar-refractivity contribution in [1.29, 1.82) is 0 Å². The molecule has 0 rings (SSSR count). The molecule has 0 aromatic carbocycles. The summed E-state index contributed by atoms with van der Waals surface area (Å²) in [6.07, 6.45) is 96.8. The topological polar surface area (TPSA) is 78.9 Å². The van der Waals surface area contributed by atoms with Crippen molar-refractivity contribution in [2.24, 2.45) is 0 Å². The van der Waals surface area contributed by atoms with E-state index in [1.54, 1.807) is 0 Å². The molecule has 1 atom stereocenters. The van der Waals surface area contributed by atoms with Crippen LogP contribution in [0.25, 0.3) is 0 Å². The molecule has 83 heavy (non-hydrogen) atoms. The minimum absolute atomic E-state index is 0.0804. The van der Waals surface area contributed by atoms with E-state index in [1.165, 1.54) is 193 Å². The maximum absolute atomic E-state index is 12.9. The van der Waals surface area contributed by atoms with Gasteiger partial charge in [0.25, 0.3) is 0 Å². The molecule has 0 heterocycles. The fourth-order valence-electron chi connectivity index (χ4n) is 9.94. The molecule has 1 unspecified atom stereocenters. The van der Waals surface area contributed by atoms with E-state index >= 15 is 0 Å². The predicted molar refractivity (Wildman–Crippen MR) is 362 cm³/mol.